The van der Waals surface area contributed by atoms with E-state index in [2.05, 4.69) is 4.74 Å². The number of sulfonamides is 1. The second-order valence-electron chi connectivity index (χ2n) is 4.95. The fraction of sp³-hybridized carbons (Fsp3) is 0.125. The quantitative estimate of drug-likeness (QED) is 0.791. The zero-order chi connectivity index (χ0) is 18.6. The third-order valence-electron chi connectivity index (χ3n) is 3.22. The average Bonchev–Trinajstić information content (AvgIpc) is 2.58. The molecule has 0 unspecified atom stereocenters. The first-order valence-electron chi connectivity index (χ1n) is 6.89. The molecule has 2 aromatic carbocycles. The highest BCUT2D eigenvalue weighted by Crippen LogP contribution is 2.22. The molecule has 0 saturated heterocycles. The monoisotopic (exact) mass is 383 g/mol. The van der Waals surface area contributed by atoms with Gasteiger partial charge in [0.05, 0.1) is 23.3 Å². The highest BCUT2D eigenvalue weighted by molar-refractivity contribution is 7.89. The minimum absolute atomic E-state index is 0.000365. The van der Waals surface area contributed by atoms with Gasteiger partial charge >= 0.3 is 11.9 Å². The summed E-state index contributed by atoms with van der Waals surface area (Å²) < 4.78 is 32.5. The molecule has 0 fully saturated rings. The Morgan fingerprint density at radius 1 is 1.04 bits per heavy atom. The minimum atomic E-state index is -4.06. The zero-order valence-corrected chi connectivity index (χ0v) is 14.6. The molecule has 0 radical (unpaired) electrons. The molecule has 0 aromatic heterocycles. The number of nitrogens with two attached hydrogens (primary N) is 1. The maximum absolute atomic E-state index is 12.1. The molecule has 0 saturated carbocycles. The number of halogens is 1. The van der Waals surface area contributed by atoms with Crippen LogP contribution in [0.5, 0.6) is 0 Å². The number of primary sulfonamides is 1. The number of carbonyl (C=O) groups excluding carboxylic acids is 2. The van der Waals surface area contributed by atoms with Crippen LogP contribution >= 0.6 is 11.6 Å². The molecule has 25 heavy (non-hydrogen) atoms. The molecule has 2 rings (SSSR count). The summed E-state index contributed by atoms with van der Waals surface area (Å²) in [7, 11) is -2.78. The summed E-state index contributed by atoms with van der Waals surface area (Å²) in [5.41, 5.74) is 1.01. The van der Waals surface area contributed by atoms with Crippen LogP contribution in [0, 0.1) is 0 Å². The molecule has 0 spiro atoms. The molecule has 7 nitrogen and oxygen atoms in total. The number of esters is 2. The van der Waals surface area contributed by atoms with Crippen LogP contribution in [0.1, 0.15) is 26.3 Å². The first-order valence-corrected chi connectivity index (χ1v) is 8.81. The summed E-state index contributed by atoms with van der Waals surface area (Å²) in [6.07, 6.45) is 0. The van der Waals surface area contributed by atoms with E-state index in [1.807, 2.05) is 0 Å². The van der Waals surface area contributed by atoms with Crippen molar-refractivity contribution in [2.75, 3.05) is 7.11 Å². The van der Waals surface area contributed by atoms with E-state index in [0.717, 1.165) is 6.07 Å². The summed E-state index contributed by atoms with van der Waals surface area (Å²) in [4.78, 5) is 23.0. The van der Waals surface area contributed by atoms with E-state index in [4.69, 9.17) is 21.5 Å². The van der Waals surface area contributed by atoms with E-state index in [1.54, 1.807) is 12.1 Å². The van der Waals surface area contributed by atoms with Crippen LogP contribution in [-0.2, 0) is 26.1 Å². The van der Waals surface area contributed by atoms with Crippen LogP contribution in [0.2, 0.25) is 5.02 Å². The molecule has 2 N–H and O–H groups in total. The van der Waals surface area contributed by atoms with E-state index in [9.17, 15) is 18.0 Å². The third-order valence-corrected chi connectivity index (χ3v) is 4.61. The number of rotatable bonds is 5. The Labute approximate surface area is 149 Å². The van der Waals surface area contributed by atoms with Gasteiger partial charge in [-0.15, -0.1) is 0 Å². The van der Waals surface area contributed by atoms with Gasteiger partial charge in [-0.1, -0.05) is 23.7 Å². The van der Waals surface area contributed by atoms with Gasteiger partial charge in [0, 0.05) is 0 Å². The number of hydrogen-bond acceptors (Lipinski definition) is 6. The molecule has 0 aliphatic carbocycles. The van der Waals surface area contributed by atoms with Gasteiger partial charge < -0.3 is 9.47 Å². The van der Waals surface area contributed by atoms with Gasteiger partial charge in [-0.25, -0.2) is 23.1 Å². The average molecular weight is 384 g/mol. The highest BCUT2D eigenvalue weighted by Gasteiger charge is 2.17. The summed E-state index contributed by atoms with van der Waals surface area (Å²) >= 11 is 5.76. The normalized spacial score (nSPS) is 11.0. The van der Waals surface area contributed by atoms with Crippen molar-refractivity contribution in [1.29, 1.82) is 0 Å². The van der Waals surface area contributed by atoms with Crippen molar-refractivity contribution in [2.45, 2.75) is 11.5 Å². The topological polar surface area (TPSA) is 113 Å². The Morgan fingerprint density at radius 3 is 2.20 bits per heavy atom. The minimum Gasteiger partial charge on any atom is -0.465 e. The van der Waals surface area contributed by atoms with Gasteiger partial charge in [-0.3, -0.25) is 0 Å². The Kier molecular flexibility index (Phi) is 5.78. The van der Waals surface area contributed by atoms with Gasteiger partial charge in [-0.2, -0.15) is 0 Å². The largest absolute Gasteiger partial charge is 0.465 e. The maximum Gasteiger partial charge on any atom is 0.338 e. The van der Waals surface area contributed by atoms with Gasteiger partial charge in [0.15, 0.2) is 0 Å². The maximum atomic E-state index is 12.1. The van der Waals surface area contributed by atoms with Crippen LogP contribution in [0.25, 0.3) is 0 Å². The number of methoxy groups -OCH3 is 1. The first-order chi connectivity index (χ1) is 11.7. The van der Waals surface area contributed by atoms with Crippen molar-refractivity contribution in [2.24, 2.45) is 5.14 Å². The van der Waals surface area contributed by atoms with Crippen LogP contribution < -0.4 is 5.14 Å². The number of carbonyl (C=O) groups is 2. The Bertz CT molecular complexity index is 909. The SMILES string of the molecule is COC(=O)c1ccc(COC(=O)c2ccc(Cl)c(S(N)(=O)=O)c2)cc1. The van der Waals surface area contributed by atoms with Crippen LogP contribution in [0.3, 0.4) is 0 Å². The van der Waals surface area contributed by atoms with E-state index in [1.165, 1.54) is 31.4 Å². The predicted octanol–water partition coefficient (Wildman–Crippen LogP) is 2.13. The molecule has 2 aromatic rings. The number of benzene rings is 2. The molecule has 0 amide bonds. The zero-order valence-electron chi connectivity index (χ0n) is 13.1. The van der Waals surface area contributed by atoms with Crippen LogP contribution in [0.4, 0.5) is 0 Å². The molecule has 0 aliphatic rings. The highest BCUT2D eigenvalue weighted by atomic mass is 35.5. The number of hydrogen-bond donors (Lipinski definition) is 1. The standard InChI is InChI=1S/C16H14ClNO6S/c1-23-15(19)11-4-2-10(3-5-11)9-24-16(20)12-6-7-13(17)14(8-12)25(18,21)22/h2-8H,9H2,1H3,(H2,18,21,22). The van der Waals surface area contributed by atoms with Gasteiger partial charge in [-0.05, 0) is 35.9 Å². The smallest absolute Gasteiger partial charge is 0.338 e. The van der Waals surface area contributed by atoms with Crippen molar-refractivity contribution >= 4 is 33.6 Å². The lowest BCUT2D eigenvalue weighted by atomic mass is 10.1. The molecule has 0 heterocycles. The summed E-state index contributed by atoms with van der Waals surface area (Å²) in [5.74, 6) is -1.21. The molecule has 0 atom stereocenters. The third kappa shape index (κ3) is 4.79. The molecule has 132 valence electrons. The Hall–Kier alpha value is -2.42. The molecular formula is C16H14ClNO6S. The fourth-order valence-electron chi connectivity index (χ4n) is 1.94. The predicted molar refractivity (Wildman–Crippen MR) is 89.7 cm³/mol. The number of ether oxygens (including phenoxy) is 2. The van der Waals surface area contributed by atoms with Crippen molar-refractivity contribution in [3.8, 4) is 0 Å². The molecular weight excluding hydrogens is 370 g/mol. The Morgan fingerprint density at radius 2 is 1.64 bits per heavy atom. The molecule has 0 aliphatic heterocycles. The second-order valence-corrected chi connectivity index (χ2v) is 6.89. The van der Waals surface area contributed by atoms with Gasteiger partial charge in [0.2, 0.25) is 10.0 Å². The van der Waals surface area contributed by atoms with Crippen molar-refractivity contribution in [1.82, 2.24) is 0 Å². The van der Waals surface area contributed by atoms with E-state index >= 15 is 0 Å². The lowest BCUT2D eigenvalue weighted by Gasteiger charge is -2.08. The van der Waals surface area contributed by atoms with E-state index in [-0.39, 0.29) is 22.1 Å². The van der Waals surface area contributed by atoms with E-state index in [0.29, 0.717) is 11.1 Å². The van der Waals surface area contributed by atoms with E-state index < -0.39 is 22.0 Å². The van der Waals surface area contributed by atoms with Crippen molar-refractivity contribution < 1.29 is 27.5 Å². The summed E-state index contributed by atoms with van der Waals surface area (Å²) in [5, 5.41) is 4.95. The molecule has 9 heteroatoms. The summed E-state index contributed by atoms with van der Waals surface area (Å²) in [6, 6.07) is 9.93. The van der Waals surface area contributed by atoms with Crippen LogP contribution in [-0.4, -0.2) is 27.5 Å². The van der Waals surface area contributed by atoms with Crippen LogP contribution in [0.15, 0.2) is 47.4 Å². The lowest BCUT2D eigenvalue weighted by molar-refractivity contribution is 0.0471. The first kappa shape index (κ1) is 18.9. The van der Waals surface area contributed by atoms with Crippen molar-refractivity contribution in [3.05, 3.63) is 64.2 Å². The fourth-order valence-corrected chi connectivity index (χ4v) is 3.01. The lowest BCUT2D eigenvalue weighted by Crippen LogP contribution is -2.14. The molecule has 0 bridgehead atoms. The second kappa shape index (κ2) is 7.64. The Balaban J connectivity index is 2.09. The van der Waals surface area contributed by atoms with Gasteiger partial charge in [0.1, 0.15) is 11.5 Å². The van der Waals surface area contributed by atoms with Crippen molar-refractivity contribution in [3.63, 3.8) is 0 Å². The summed E-state index contributed by atoms with van der Waals surface area (Å²) in [6.45, 7) is -0.0619. The van der Waals surface area contributed by atoms with Gasteiger partial charge in [0.25, 0.3) is 0 Å².